The predicted octanol–water partition coefficient (Wildman–Crippen LogP) is 4.82. The van der Waals surface area contributed by atoms with Gasteiger partial charge in [-0.05, 0) is 73.7 Å². The van der Waals surface area contributed by atoms with Crippen molar-refractivity contribution in [3.8, 4) is 5.75 Å². The van der Waals surface area contributed by atoms with Gasteiger partial charge in [0.15, 0.2) is 23.1 Å². The Balaban J connectivity index is 1.49. The van der Waals surface area contributed by atoms with Crippen LogP contribution < -0.4 is 4.90 Å². The van der Waals surface area contributed by atoms with E-state index < -0.39 is 35.2 Å². The number of anilines is 1. The maximum absolute atomic E-state index is 14.4. The number of ketones is 2. The van der Waals surface area contributed by atoms with Crippen LogP contribution in [0.3, 0.4) is 0 Å². The van der Waals surface area contributed by atoms with Crippen LogP contribution in [-0.4, -0.2) is 28.5 Å². The molecule has 4 atom stereocenters. The van der Waals surface area contributed by atoms with Crippen LogP contribution in [0.5, 0.6) is 5.75 Å². The Morgan fingerprint density at radius 2 is 1.73 bits per heavy atom. The van der Waals surface area contributed by atoms with E-state index in [0.717, 1.165) is 11.6 Å². The van der Waals surface area contributed by atoms with Crippen molar-refractivity contribution in [2.45, 2.75) is 25.7 Å². The van der Waals surface area contributed by atoms with Crippen LogP contribution in [0, 0.1) is 23.6 Å². The third kappa shape index (κ3) is 3.44. The minimum Gasteiger partial charge on any atom is -0.505 e. The summed E-state index contributed by atoms with van der Waals surface area (Å²) in [6.07, 6.45) is 3.58. The van der Waals surface area contributed by atoms with Gasteiger partial charge in [-0.15, -0.1) is 0 Å². The predicted molar refractivity (Wildman–Crippen MR) is 133 cm³/mol. The second-order valence-electron chi connectivity index (χ2n) is 9.93. The zero-order valence-electron chi connectivity index (χ0n) is 19.7. The molecule has 2 aromatic carbocycles. The van der Waals surface area contributed by atoms with E-state index in [1.165, 1.54) is 23.1 Å². The highest BCUT2D eigenvalue weighted by molar-refractivity contribution is 6.31. The molecule has 1 fully saturated rings. The Bertz CT molecular complexity index is 1520. The topological polar surface area (TPSA) is 91.8 Å². The van der Waals surface area contributed by atoms with Crippen molar-refractivity contribution in [3.05, 3.63) is 93.3 Å². The number of carbonyl (C=O) groups excluding carboxylic acids is 4. The van der Waals surface area contributed by atoms with E-state index in [-0.39, 0.29) is 41.8 Å². The molecule has 4 unspecified atom stereocenters. The van der Waals surface area contributed by atoms with Crippen LogP contribution in [0.4, 0.5) is 10.1 Å². The molecular weight excluding hydrogens is 497 g/mol. The number of amides is 2. The van der Waals surface area contributed by atoms with E-state index in [1.54, 1.807) is 31.2 Å². The summed E-state index contributed by atoms with van der Waals surface area (Å²) in [4.78, 5) is 54.8. The first-order valence-corrected chi connectivity index (χ1v) is 12.4. The number of aromatic hydroxyl groups is 1. The number of Topliss-reactive ketones (excluding diaryl/α,β-unsaturated/α-hetero) is 1. The average Bonchev–Trinajstić information content (AvgIpc) is 3.13. The summed E-state index contributed by atoms with van der Waals surface area (Å²) < 4.78 is 14.4. The maximum Gasteiger partial charge on any atom is 0.238 e. The maximum atomic E-state index is 14.4. The lowest BCUT2D eigenvalue weighted by atomic mass is 9.59. The second kappa shape index (κ2) is 8.35. The molecule has 6 nitrogen and oxygen atoms in total. The quantitative estimate of drug-likeness (QED) is 0.350. The van der Waals surface area contributed by atoms with E-state index >= 15 is 0 Å². The number of nitrogens with zero attached hydrogens (tertiary/aromatic N) is 1. The highest BCUT2D eigenvalue weighted by atomic mass is 35.5. The van der Waals surface area contributed by atoms with Crippen LogP contribution in [-0.2, 0) is 19.2 Å². The number of rotatable bonds is 2. The van der Waals surface area contributed by atoms with Crippen molar-refractivity contribution in [1.82, 2.24) is 0 Å². The van der Waals surface area contributed by atoms with E-state index in [0.29, 0.717) is 27.4 Å². The average molecular weight is 518 g/mol. The van der Waals surface area contributed by atoms with Crippen LogP contribution in [0.15, 0.2) is 76.9 Å². The first-order chi connectivity index (χ1) is 17.7. The fraction of sp³-hybridized carbons (Fsp3) is 0.241. The van der Waals surface area contributed by atoms with E-state index in [2.05, 4.69) is 0 Å². The molecule has 6 rings (SSSR count). The fourth-order valence-electron chi connectivity index (χ4n) is 6.31. The van der Waals surface area contributed by atoms with Gasteiger partial charge in [-0.1, -0.05) is 29.3 Å². The third-order valence-electron chi connectivity index (χ3n) is 7.95. The number of imide groups is 1. The molecule has 2 aromatic rings. The molecule has 8 heteroatoms. The Morgan fingerprint density at radius 3 is 2.43 bits per heavy atom. The molecule has 37 heavy (non-hydrogen) atoms. The number of hydrogen-bond acceptors (Lipinski definition) is 5. The number of phenols is 1. The summed E-state index contributed by atoms with van der Waals surface area (Å²) in [6.45, 7) is 1.57. The van der Waals surface area contributed by atoms with Gasteiger partial charge in [0.1, 0.15) is 0 Å². The Labute approximate surface area is 216 Å². The summed E-state index contributed by atoms with van der Waals surface area (Å²) >= 11 is 5.99. The van der Waals surface area contributed by atoms with Crippen molar-refractivity contribution >= 4 is 40.7 Å². The summed E-state index contributed by atoms with van der Waals surface area (Å²) in [5.41, 5.74) is 2.42. The van der Waals surface area contributed by atoms with Crippen molar-refractivity contribution in [1.29, 1.82) is 0 Å². The van der Waals surface area contributed by atoms with Gasteiger partial charge in [0.2, 0.25) is 11.8 Å². The van der Waals surface area contributed by atoms with Gasteiger partial charge in [0.05, 0.1) is 17.5 Å². The number of benzene rings is 2. The first kappa shape index (κ1) is 23.6. The van der Waals surface area contributed by atoms with E-state index in [1.807, 2.05) is 6.08 Å². The highest BCUT2D eigenvalue weighted by Gasteiger charge is 2.56. The Kier molecular flexibility index (Phi) is 5.31. The SMILES string of the molecule is CC1=CC(=O)C2=C(CC3C(=CCC4C(=O)N(c5ccc(Cl)cc5)C(=O)C43)C2c2ccc(O)c(F)c2)C1=O. The molecule has 1 heterocycles. The fourth-order valence-corrected chi connectivity index (χ4v) is 6.43. The summed E-state index contributed by atoms with van der Waals surface area (Å²) in [5.74, 6) is -5.29. The molecule has 2 amide bonds. The number of halogens is 2. The van der Waals surface area contributed by atoms with Crippen molar-refractivity contribution in [2.75, 3.05) is 4.90 Å². The molecule has 0 radical (unpaired) electrons. The number of hydrogen-bond donors (Lipinski definition) is 1. The van der Waals surface area contributed by atoms with Crippen molar-refractivity contribution in [3.63, 3.8) is 0 Å². The van der Waals surface area contributed by atoms with Crippen LogP contribution in [0.2, 0.25) is 5.02 Å². The second-order valence-corrected chi connectivity index (χ2v) is 10.4. The summed E-state index contributed by atoms with van der Waals surface area (Å²) in [5, 5.41) is 10.2. The normalized spacial score (nSPS) is 27.1. The smallest absolute Gasteiger partial charge is 0.238 e. The van der Waals surface area contributed by atoms with E-state index in [9.17, 15) is 28.7 Å². The van der Waals surface area contributed by atoms with E-state index in [4.69, 9.17) is 11.6 Å². The number of phenolic OH excluding ortho intramolecular Hbond substituents is 1. The molecule has 1 saturated heterocycles. The first-order valence-electron chi connectivity index (χ1n) is 12.0. The van der Waals surface area contributed by atoms with Gasteiger partial charge in [0, 0.05) is 27.7 Å². The van der Waals surface area contributed by atoms with Gasteiger partial charge >= 0.3 is 0 Å². The highest BCUT2D eigenvalue weighted by Crippen LogP contribution is 2.55. The molecule has 0 saturated carbocycles. The third-order valence-corrected chi connectivity index (χ3v) is 8.20. The molecular formula is C29H21ClFNO5. The van der Waals surface area contributed by atoms with Gasteiger partial charge in [-0.25, -0.2) is 4.39 Å². The van der Waals surface area contributed by atoms with Crippen LogP contribution >= 0.6 is 11.6 Å². The molecule has 3 aliphatic carbocycles. The summed E-state index contributed by atoms with van der Waals surface area (Å²) in [6, 6.07) is 10.3. The van der Waals surface area contributed by atoms with Gasteiger partial charge in [-0.2, -0.15) is 0 Å². The monoisotopic (exact) mass is 517 g/mol. The molecule has 0 spiro atoms. The largest absolute Gasteiger partial charge is 0.505 e. The number of fused-ring (bicyclic) bond motifs is 3. The molecule has 1 aliphatic heterocycles. The molecule has 1 N–H and O–H groups in total. The molecule has 0 aromatic heterocycles. The van der Waals surface area contributed by atoms with Crippen molar-refractivity contribution in [2.24, 2.45) is 17.8 Å². The molecule has 4 aliphatic rings. The standard InChI is InChI=1S/C29H21ClFNO5/c1-13-10-23(34)26-20(27(13)35)12-19-17(24(26)14-2-9-22(33)21(31)11-14)7-8-18-25(19)29(37)32(28(18)36)16-5-3-15(30)4-6-16/h2-7,9-11,18-19,24-25,33H,8,12H2,1H3. The van der Waals surface area contributed by atoms with Crippen molar-refractivity contribution < 1.29 is 28.7 Å². The molecule has 0 bridgehead atoms. The lowest BCUT2D eigenvalue weighted by Crippen LogP contribution is -2.39. The zero-order valence-corrected chi connectivity index (χ0v) is 20.5. The van der Waals surface area contributed by atoms with Gasteiger partial charge in [-0.3, -0.25) is 24.1 Å². The number of carbonyl (C=O) groups is 4. The number of allylic oxidation sites excluding steroid dienone is 6. The Morgan fingerprint density at radius 1 is 1.00 bits per heavy atom. The Hall–Kier alpha value is -3.84. The minimum atomic E-state index is -0.849. The zero-order chi connectivity index (χ0) is 26.2. The van der Waals surface area contributed by atoms with Gasteiger partial charge < -0.3 is 5.11 Å². The minimum absolute atomic E-state index is 0.141. The summed E-state index contributed by atoms with van der Waals surface area (Å²) in [7, 11) is 0. The lowest BCUT2D eigenvalue weighted by molar-refractivity contribution is -0.123. The lowest BCUT2D eigenvalue weighted by Gasteiger charge is -2.42. The molecule has 186 valence electrons. The van der Waals surface area contributed by atoms with Crippen LogP contribution in [0.25, 0.3) is 0 Å². The van der Waals surface area contributed by atoms with Gasteiger partial charge in [0.25, 0.3) is 0 Å². The van der Waals surface area contributed by atoms with Crippen LogP contribution in [0.1, 0.15) is 31.2 Å².